The summed E-state index contributed by atoms with van der Waals surface area (Å²) in [5.41, 5.74) is 2.48. The zero-order chi connectivity index (χ0) is 17.1. The maximum absolute atomic E-state index is 12.2. The first-order valence-electron chi connectivity index (χ1n) is 7.65. The van der Waals surface area contributed by atoms with E-state index in [1.165, 1.54) is 11.8 Å². The summed E-state index contributed by atoms with van der Waals surface area (Å²) < 4.78 is 5.49. The molecule has 0 saturated carbocycles. The van der Waals surface area contributed by atoms with Crippen molar-refractivity contribution in [3.63, 3.8) is 0 Å². The van der Waals surface area contributed by atoms with E-state index in [-0.39, 0.29) is 17.6 Å². The largest absolute Gasteiger partial charge is 0.416 e. The number of benzene rings is 1. The Balaban J connectivity index is 1.68. The number of amides is 1. The highest BCUT2D eigenvalue weighted by atomic mass is 32.2. The van der Waals surface area contributed by atoms with Gasteiger partial charge in [0.1, 0.15) is 0 Å². The van der Waals surface area contributed by atoms with E-state index in [1.54, 1.807) is 0 Å². The van der Waals surface area contributed by atoms with Gasteiger partial charge >= 0.3 is 0 Å². The van der Waals surface area contributed by atoms with Crippen LogP contribution in [0.3, 0.4) is 0 Å². The molecule has 0 radical (unpaired) electrons. The van der Waals surface area contributed by atoms with Gasteiger partial charge in [0, 0.05) is 17.0 Å². The first-order valence-corrected chi connectivity index (χ1v) is 8.64. The highest BCUT2D eigenvalue weighted by Gasteiger charge is 2.13. The van der Waals surface area contributed by atoms with E-state index in [0.717, 1.165) is 22.3 Å². The third kappa shape index (κ3) is 3.73. The number of pyridine rings is 1. The van der Waals surface area contributed by atoms with Crippen LogP contribution in [-0.4, -0.2) is 26.8 Å². The quantitative estimate of drug-likeness (QED) is 0.711. The molecule has 2 heterocycles. The van der Waals surface area contributed by atoms with Gasteiger partial charge in [0.2, 0.25) is 11.8 Å². The van der Waals surface area contributed by atoms with Crippen LogP contribution in [0.5, 0.6) is 0 Å². The Morgan fingerprint density at radius 2 is 2.08 bits per heavy atom. The van der Waals surface area contributed by atoms with Gasteiger partial charge in [-0.15, -0.1) is 10.2 Å². The van der Waals surface area contributed by atoms with Gasteiger partial charge in [0.05, 0.1) is 17.0 Å². The molecule has 1 aromatic carbocycles. The fourth-order valence-corrected chi connectivity index (χ4v) is 2.81. The topological polar surface area (TPSA) is 80.9 Å². The second-order valence-electron chi connectivity index (χ2n) is 5.73. The van der Waals surface area contributed by atoms with E-state index >= 15 is 0 Å². The van der Waals surface area contributed by atoms with Crippen molar-refractivity contribution < 1.29 is 9.21 Å². The van der Waals surface area contributed by atoms with Crippen LogP contribution in [0.15, 0.2) is 40.0 Å². The smallest absolute Gasteiger partial charge is 0.277 e. The normalized spacial score (nSPS) is 11.2. The Kier molecular flexibility index (Phi) is 4.80. The molecule has 3 rings (SSSR count). The van der Waals surface area contributed by atoms with Gasteiger partial charge < -0.3 is 9.73 Å². The summed E-state index contributed by atoms with van der Waals surface area (Å²) in [5.74, 6) is 0.829. The number of rotatable bonds is 5. The number of carbonyl (C=O) groups excluding carboxylic acids is 1. The van der Waals surface area contributed by atoms with Crippen LogP contribution in [0.2, 0.25) is 0 Å². The first-order chi connectivity index (χ1) is 11.5. The van der Waals surface area contributed by atoms with Crippen molar-refractivity contribution in [3.05, 3.63) is 41.9 Å². The van der Waals surface area contributed by atoms with E-state index in [2.05, 4.69) is 20.5 Å². The molecular formula is C17H18N4O2S. The zero-order valence-corrected chi connectivity index (χ0v) is 14.6. The molecule has 24 heavy (non-hydrogen) atoms. The Hall–Kier alpha value is -2.41. The average molecular weight is 342 g/mol. The molecule has 0 aliphatic carbocycles. The molecule has 1 amide bonds. The van der Waals surface area contributed by atoms with Crippen LogP contribution in [-0.2, 0) is 4.79 Å². The molecule has 3 aromatic rings. The molecule has 0 unspecified atom stereocenters. The number of carbonyl (C=O) groups is 1. The second kappa shape index (κ2) is 7.00. The second-order valence-corrected chi connectivity index (χ2v) is 6.65. The first kappa shape index (κ1) is 16.4. The number of thioether (sulfide) groups is 1. The summed E-state index contributed by atoms with van der Waals surface area (Å²) in [4.78, 5) is 16.7. The number of hydrogen-bond donors (Lipinski definition) is 1. The summed E-state index contributed by atoms with van der Waals surface area (Å²) in [6, 6.07) is 9.60. The SMILES string of the molecule is Cc1cc(NC(=O)CSc2nnc(C(C)C)o2)c2ccccc2n1. The number of fused-ring (bicyclic) bond motifs is 1. The van der Waals surface area contributed by atoms with Gasteiger partial charge in [0.15, 0.2) is 0 Å². The Labute approximate surface area is 144 Å². The molecule has 0 atom stereocenters. The molecule has 0 spiro atoms. The van der Waals surface area contributed by atoms with E-state index in [9.17, 15) is 4.79 Å². The summed E-state index contributed by atoms with van der Waals surface area (Å²) in [7, 11) is 0. The fraction of sp³-hybridized carbons (Fsp3) is 0.294. The Morgan fingerprint density at radius 3 is 2.83 bits per heavy atom. The monoisotopic (exact) mass is 342 g/mol. The van der Waals surface area contributed by atoms with Crippen LogP contribution >= 0.6 is 11.8 Å². The molecule has 0 fully saturated rings. The molecule has 0 aliphatic rings. The Bertz CT molecular complexity index is 876. The summed E-state index contributed by atoms with van der Waals surface area (Å²) in [5, 5.41) is 12.2. The minimum Gasteiger partial charge on any atom is -0.416 e. The van der Waals surface area contributed by atoms with Crippen molar-refractivity contribution >= 4 is 34.3 Å². The van der Waals surface area contributed by atoms with Crippen molar-refractivity contribution in [1.82, 2.24) is 15.2 Å². The van der Waals surface area contributed by atoms with Gasteiger partial charge in [-0.25, -0.2) is 0 Å². The van der Waals surface area contributed by atoms with Gasteiger partial charge in [0.25, 0.3) is 5.22 Å². The van der Waals surface area contributed by atoms with E-state index in [1.807, 2.05) is 51.1 Å². The molecule has 1 N–H and O–H groups in total. The number of anilines is 1. The number of nitrogens with zero attached hydrogens (tertiary/aromatic N) is 3. The van der Waals surface area contributed by atoms with E-state index in [0.29, 0.717) is 11.1 Å². The lowest BCUT2D eigenvalue weighted by molar-refractivity contribution is -0.113. The molecular weight excluding hydrogens is 324 g/mol. The maximum Gasteiger partial charge on any atom is 0.277 e. The van der Waals surface area contributed by atoms with Crippen molar-refractivity contribution in [3.8, 4) is 0 Å². The standard InChI is InChI=1S/C17H18N4O2S/c1-10(2)16-20-21-17(23-16)24-9-15(22)19-14-8-11(3)18-13-7-5-4-6-12(13)14/h4-8,10H,9H2,1-3H3,(H,18,19,22). The number of nitrogens with one attached hydrogen (secondary N) is 1. The molecule has 7 heteroatoms. The summed E-state index contributed by atoms with van der Waals surface area (Å²) >= 11 is 1.23. The molecule has 2 aromatic heterocycles. The van der Waals surface area contributed by atoms with Gasteiger partial charge in [-0.2, -0.15) is 0 Å². The average Bonchev–Trinajstić information content (AvgIpc) is 3.02. The van der Waals surface area contributed by atoms with Crippen molar-refractivity contribution in [2.24, 2.45) is 0 Å². The molecule has 0 bridgehead atoms. The number of para-hydroxylation sites is 1. The predicted molar refractivity (Wildman–Crippen MR) is 94.2 cm³/mol. The molecule has 0 aliphatic heterocycles. The van der Waals surface area contributed by atoms with Crippen LogP contribution in [0, 0.1) is 6.92 Å². The van der Waals surface area contributed by atoms with Crippen LogP contribution in [0.1, 0.15) is 31.4 Å². The lowest BCUT2D eigenvalue weighted by atomic mass is 10.1. The zero-order valence-electron chi connectivity index (χ0n) is 13.7. The molecule has 6 nitrogen and oxygen atoms in total. The number of aromatic nitrogens is 3. The van der Waals surface area contributed by atoms with Gasteiger partial charge in [-0.05, 0) is 19.1 Å². The van der Waals surface area contributed by atoms with E-state index in [4.69, 9.17) is 4.42 Å². The van der Waals surface area contributed by atoms with Crippen LogP contribution in [0.4, 0.5) is 5.69 Å². The summed E-state index contributed by atoms with van der Waals surface area (Å²) in [6.45, 7) is 5.86. The predicted octanol–water partition coefficient (Wildman–Crippen LogP) is 3.78. The lowest BCUT2D eigenvalue weighted by Crippen LogP contribution is -2.14. The summed E-state index contributed by atoms with van der Waals surface area (Å²) in [6.07, 6.45) is 0. The van der Waals surface area contributed by atoms with Crippen LogP contribution < -0.4 is 5.32 Å². The Morgan fingerprint density at radius 1 is 1.29 bits per heavy atom. The maximum atomic E-state index is 12.2. The van der Waals surface area contributed by atoms with Crippen molar-refractivity contribution in [2.45, 2.75) is 31.9 Å². The van der Waals surface area contributed by atoms with Crippen LogP contribution in [0.25, 0.3) is 10.9 Å². The minimum atomic E-state index is -0.125. The third-order valence-electron chi connectivity index (χ3n) is 3.36. The number of aryl methyl sites for hydroxylation is 1. The highest BCUT2D eigenvalue weighted by molar-refractivity contribution is 7.99. The lowest BCUT2D eigenvalue weighted by Gasteiger charge is -2.09. The molecule has 0 saturated heterocycles. The molecule has 124 valence electrons. The van der Waals surface area contributed by atoms with Crippen molar-refractivity contribution in [2.75, 3.05) is 11.1 Å². The van der Waals surface area contributed by atoms with Gasteiger partial charge in [-0.3, -0.25) is 9.78 Å². The fourth-order valence-electron chi connectivity index (χ4n) is 2.24. The third-order valence-corrected chi connectivity index (χ3v) is 4.18. The van der Waals surface area contributed by atoms with Gasteiger partial charge in [-0.1, -0.05) is 43.8 Å². The number of hydrogen-bond acceptors (Lipinski definition) is 6. The van der Waals surface area contributed by atoms with E-state index < -0.39 is 0 Å². The highest BCUT2D eigenvalue weighted by Crippen LogP contribution is 2.24. The minimum absolute atomic E-state index is 0.125. The van der Waals surface area contributed by atoms with Crippen molar-refractivity contribution in [1.29, 1.82) is 0 Å².